The maximum Gasteiger partial charge on any atom is 0.333 e. The van der Waals surface area contributed by atoms with Crippen LogP contribution in [0.15, 0.2) is 34.0 Å². The molecule has 0 spiro atoms. The second-order valence-electron chi connectivity index (χ2n) is 8.54. The van der Waals surface area contributed by atoms with Gasteiger partial charge in [-0.2, -0.15) is 5.26 Å². The third kappa shape index (κ3) is 6.16. The Labute approximate surface area is 203 Å². The van der Waals surface area contributed by atoms with Gasteiger partial charge in [-0.25, -0.2) is 4.79 Å². The van der Waals surface area contributed by atoms with Crippen LogP contribution in [0.4, 0.5) is 5.69 Å². The zero-order valence-electron chi connectivity index (χ0n) is 20.2. The number of rotatable bonds is 10. The lowest BCUT2D eigenvalue weighted by molar-refractivity contribution is -0.0255. The highest BCUT2D eigenvalue weighted by Gasteiger charge is 2.27. The van der Waals surface area contributed by atoms with Crippen LogP contribution >= 0.6 is 0 Å². The first kappa shape index (κ1) is 26.2. The first-order valence-electron chi connectivity index (χ1n) is 11.4. The first-order valence-corrected chi connectivity index (χ1v) is 11.4. The molecule has 35 heavy (non-hydrogen) atoms. The molecular formula is C24H31N5O6. The van der Waals surface area contributed by atoms with E-state index >= 15 is 0 Å². The molecule has 3 rings (SSSR count). The normalized spacial score (nSPS) is 17.2. The number of aliphatic hydroxyl groups excluding tert-OH is 1. The number of amides is 1. The van der Waals surface area contributed by atoms with Crippen molar-refractivity contribution >= 4 is 11.6 Å². The van der Waals surface area contributed by atoms with Gasteiger partial charge in [0.15, 0.2) is 0 Å². The molecule has 0 radical (unpaired) electrons. The van der Waals surface area contributed by atoms with E-state index in [0.717, 1.165) is 10.3 Å². The van der Waals surface area contributed by atoms with Gasteiger partial charge in [0.2, 0.25) is 0 Å². The average molecular weight is 486 g/mol. The van der Waals surface area contributed by atoms with Gasteiger partial charge in [-0.3, -0.25) is 18.7 Å². The van der Waals surface area contributed by atoms with Crippen molar-refractivity contribution in [1.29, 1.82) is 5.26 Å². The van der Waals surface area contributed by atoms with Gasteiger partial charge in [0.25, 0.3) is 11.5 Å². The van der Waals surface area contributed by atoms with Crippen LogP contribution in [0, 0.1) is 18.3 Å². The highest BCUT2D eigenvalue weighted by Crippen LogP contribution is 2.26. The molecule has 2 aromatic rings. The number of carbonyl (C=O) groups is 1. The van der Waals surface area contributed by atoms with E-state index in [9.17, 15) is 24.8 Å². The molecule has 2 atom stereocenters. The van der Waals surface area contributed by atoms with Crippen molar-refractivity contribution in [2.75, 3.05) is 45.4 Å². The Balaban J connectivity index is 1.52. The molecule has 0 bridgehead atoms. The van der Waals surface area contributed by atoms with Gasteiger partial charge in [0.1, 0.15) is 12.3 Å². The Morgan fingerprint density at radius 2 is 2.09 bits per heavy atom. The van der Waals surface area contributed by atoms with E-state index in [4.69, 9.17) is 9.47 Å². The number of hydrogen-bond donors (Lipinski definition) is 2. The number of ether oxygens (including phenoxy) is 2. The third-order valence-corrected chi connectivity index (χ3v) is 5.82. The summed E-state index contributed by atoms with van der Waals surface area (Å²) in [5.41, 5.74) is 1.03. The second-order valence-corrected chi connectivity index (χ2v) is 8.54. The van der Waals surface area contributed by atoms with Crippen LogP contribution in [-0.2, 0) is 16.0 Å². The van der Waals surface area contributed by atoms with Crippen LogP contribution < -0.4 is 21.5 Å². The standard InChI is InChI=1S/C24H31N5O6/c1-16-14-29(21-7-5-19(15-30)35-21)24(33)28(23(16)32)9-11-34-10-8-26-22(31)17-4-6-20(27(2)3)18(12-17)13-25/h4,6,12,14,19,21,30H,5,7-11,15H2,1-3H3,(H,26,31). The molecule has 2 heterocycles. The topological polar surface area (TPSA) is 139 Å². The fraction of sp³-hybridized carbons (Fsp3) is 0.500. The lowest BCUT2D eigenvalue weighted by Crippen LogP contribution is -2.43. The van der Waals surface area contributed by atoms with Crippen molar-refractivity contribution in [1.82, 2.24) is 14.5 Å². The molecular weight excluding hydrogens is 454 g/mol. The van der Waals surface area contributed by atoms with Gasteiger partial charge in [-0.1, -0.05) is 0 Å². The molecule has 0 aliphatic carbocycles. The molecule has 0 saturated carbocycles. The van der Waals surface area contributed by atoms with Crippen molar-refractivity contribution in [3.8, 4) is 6.07 Å². The quantitative estimate of drug-likeness (QED) is 0.461. The van der Waals surface area contributed by atoms with Crippen LogP contribution in [0.1, 0.15) is 40.6 Å². The summed E-state index contributed by atoms with van der Waals surface area (Å²) in [6.45, 7) is 2.09. The van der Waals surface area contributed by atoms with Crippen molar-refractivity contribution < 1.29 is 19.4 Å². The molecule has 1 amide bonds. The molecule has 2 N–H and O–H groups in total. The summed E-state index contributed by atoms with van der Waals surface area (Å²) in [6, 6.07) is 7.00. The molecule has 1 aromatic heterocycles. The van der Waals surface area contributed by atoms with Crippen LogP contribution in [0.3, 0.4) is 0 Å². The van der Waals surface area contributed by atoms with Crippen molar-refractivity contribution in [3.05, 3.63) is 61.9 Å². The number of nitrogens with one attached hydrogen (secondary N) is 1. The summed E-state index contributed by atoms with van der Waals surface area (Å²) in [4.78, 5) is 39.5. The molecule has 1 aromatic carbocycles. The van der Waals surface area contributed by atoms with Gasteiger partial charge in [-0.05, 0) is 38.0 Å². The van der Waals surface area contributed by atoms with E-state index in [0.29, 0.717) is 29.5 Å². The van der Waals surface area contributed by atoms with Crippen molar-refractivity contribution in [2.24, 2.45) is 0 Å². The van der Waals surface area contributed by atoms with E-state index in [1.54, 1.807) is 24.0 Å². The first-order chi connectivity index (χ1) is 16.8. The smallest absolute Gasteiger partial charge is 0.333 e. The molecule has 11 heteroatoms. The molecule has 1 aliphatic heterocycles. The number of aliphatic hydroxyl groups is 1. The summed E-state index contributed by atoms with van der Waals surface area (Å²) < 4.78 is 13.7. The maximum absolute atomic E-state index is 12.9. The summed E-state index contributed by atoms with van der Waals surface area (Å²) in [7, 11) is 3.64. The number of nitrogens with zero attached hydrogens (tertiary/aromatic N) is 4. The van der Waals surface area contributed by atoms with Gasteiger partial charge < -0.3 is 24.8 Å². The predicted molar refractivity (Wildman–Crippen MR) is 129 cm³/mol. The van der Waals surface area contributed by atoms with Gasteiger partial charge in [0.05, 0.1) is 43.7 Å². The second kappa shape index (κ2) is 11.8. The van der Waals surface area contributed by atoms with Gasteiger partial charge in [0, 0.05) is 38.0 Å². The number of hydrogen-bond acceptors (Lipinski definition) is 8. The van der Waals surface area contributed by atoms with Crippen molar-refractivity contribution in [3.63, 3.8) is 0 Å². The Morgan fingerprint density at radius 1 is 1.31 bits per heavy atom. The van der Waals surface area contributed by atoms with Crippen LogP contribution in [-0.4, -0.2) is 66.7 Å². The van der Waals surface area contributed by atoms with Crippen molar-refractivity contribution in [2.45, 2.75) is 38.6 Å². The van der Waals surface area contributed by atoms with E-state index in [1.807, 2.05) is 14.1 Å². The fourth-order valence-corrected chi connectivity index (χ4v) is 3.94. The Hall–Kier alpha value is -3.46. The Kier molecular flexibility index (Phi) is 8.81. The largest absolute Gasteiger partial charge is 0.394 e. The summed E-state index contributed by atoms with van der Waals surface area (Å²) in [5.74, 6) is -0.328. The number of aryl methyl sites for hydroxylation is 1. The highest BCUT2D eigenvalue weighted by atomic mass is 16.5. The SMILES string of the molecule is Cc1cn(C2CCC(CO)O2)c(=O)n(CCOCCNC(=O)c2ccc(N(C)C)c(C#N)c2)c1=O. The molecule has 2 unspecified atom stereocenters. The number of carbonyl (C=O) groups excluding carboxylic acids is 1. The zero-order chi connectivity index (χ0) is 25.5. The molecule has 11 nitrogen and oxygen atoms in total. The lowest BCUT2D eigenvalue weighted by Gasteiger charge is -2.18. The minimum absolute atomic E-state index is 0.0565. The van der Waals surface area contributed by atoms with Gasteiger partial charge in [-0.15, -0.1) is 0 Å². The van der Waals surface area contributed by atoms with E-state index in [-0.39, 0.29) is 44.9 Å². The zero-order valence-corrected chi connectivity index (χ0v) is 20.2. The minimum atomic E-state index is -0.519. The Morgan fingerprint density at radius 3 is 2.74 bits per heavy atom. The maximum atomic E-state index is 12.9. The number of anilines is 1. The van der Waals surface area contributed by atoms with Crippen LogP contribution in [0.5, 0.6) is 0 Å². The summed E-state index contributed by atoms with van der Waals surface area (Å²) in [6.07, 6.45) is 1.87. The summed E-state index contributed by atoms with van der Waals surface area (Å²) >= 11 is 0. The highest BCUT2D eigenvalue weighted by molar-refractivity contribution is 5.95. The average Bonchev–Trinajstić information content (AvgIpc) is 3.33. The number of benzene rings is 1. The number of nitriles is 1. The fourth-order valence-electron chi connectivity index (χ4n) is 3.94. The predicted octanol–water partition coefficient (Wildman–Crippen LogP) is 0.373. The molecule has 1 fully saturated rings. The van der Waals surface area contributed by atoms with Crippen LogP contribution in [0.2, 0.25) is 0 Å². The molecule has 1 saturated heterocycles. The third-order valence-electron chi connectivity index (χ3n) is 5.82. The van der Waals surface area contributed by atoms with E-state index in [2.05, 4.69) is 11.4 Å². The molecule has 1 aliphatic rings. The monoisotopic (exact) mass is 485 g/mol. The minimum Gasteiger partial charge on any atom is -0.394 e. The lowest BCUT2D eigenvalue weighted by atomic mass is 10.1. The van der Waals surface area contributed by atoms with Gasteiger partial charge >= 0.3 is 5.69 Å². The Bertz CT molecular complexity index is 1210. The van der Waals surface area contributed by atoms with E-state index in [1.165, 1.54) is 16.8 Å². The number of aromatic nitrogens is 2. The van der Waals surface area contributed by atoms with E-state index < -0.39 is 17.5 Å². The summed E-state index contributed by atoms with van der Waals surface area (Å²) in [5, 5.41) is 21.3. The molecule has 188 valence electrons. The van der Waals surface area contributed by atoms with Crippen LogP contribution in [0.25, 0.3) is 0 Å².